The number of nitrogens with zero attached hydrogens (tertiary/aromatic N) is 1. The van der Waals surface area contributed by atoms with E-state index in [0.29, 0.717) is 6.04 Å². The quantitative estimate of drug-likeness (QED) is 0.814. The highest BCUT2D eigenvalue weighted by molar-refractivity contribution is 6.00. The highest BCUT2D eigenvalue weighted by atomic mass is 15.4. The summed E-state index contributed by atoms with van der Waals surface area (Å²) in [6.45, 7) is 5.22. The van der Waals surface area contributed by atoms with Crippen LogP contribution in [0.15, 0.2) is 29.3 Å². The molecule has 2 N–H and O–H groups in total. The number of benzene rings is 1. The van der Waals surface area contributed by atoms with Gasteiger partial charge in [0, 0.05) is 12.1 Å². The fraction of sp³-hybridized carbons (Fsp3) is 0.462. The van der Waals surface area contributed by atoms with Crippen LogP contribution in [0, 0.1) is 0 Å². The molecule has 2 rings (SSSR count). The summed E-state index contributed by atoms with van der Waals surface area (Å²) < 4.78 is 0. The second-order valence-corrected chi connectivity index (χ2v) is 4.08. The number of rotatable bonds is 3. The van der Waals surface area contributed by atoms with Crippen molar-refractivity contribution in [3.05, 3.63) is 35.4 Å². The molecule has 0 aromatic heterocycles. The lowest BCUT2D eigenvalue weighted by Crippen LogP contribution is -2.43. The summed E-state index contributed by atoms with van der Waals surface area (Å²) in [4.78, 5) is 4.76. The van der Waals surface area contributed by atoms with Gasteiger partial charge in [-0.15, -0.1) is 0 Å². The molecule has 0 saturated heterocycles. The maximum Gasteiger partial charge on any atom is 0.143 e. The Morgan fingerprint density at radius 3 is 2.75 bits per heavy atom. The lowest BCUT2D eigenvalue weighted by Gasteiger charge is -2.22. The Labute approximate surface area is 96.9 Å². The lowest BCUT2D eigenvalue weighted by atomic mass is 10.0. The molecule has 0 fully saturated rings. The molecule has 16 heavy (non-hydrogen) atoms. The van der Waals surface area contributed by atoms with E-state index in [1.807, 2.05) is 0 Å². The molecular formula is C13H19N3. The van der Waals surface area contributed by atoms with Crippen molar-refractivity contribution in [3.63, 3.8) is 0 Å². The van der Waals surface area contributed by atoms with Gasteiger partial charge in [-0.2, -0.15) is 0 Å². The molecule has 0 atom stereocenters. The number of hydrazine groups is 1. The minimum absolute atomic E-state index is 0.412. The average Bonchev–Trinajstić information content (AvgIpc) is 2.36. The van der Waals surface area contributed by atoms with Crippen LogP contribution >= 0.6 is 0 Å². The first-order valence-electron chi connectivity index (χ1n) is 6.00. The molecule has 0 radical (unpaired) electrons. The van der Waals surface area contributed by atoms with Crippen molar-refractivity contribution in [2.45, 2.75) is 39.3 Å². The predicted octanol–water partition coefficient (Wildman–Crippen LogP) is 2.23. The summed E-state index contributed by atoms with van der Waals surface area (Å²) in [6.07, 6.45) is 2.17. The third-order valence-electron chi connectivity index (χ3n) is 3.01. The van der Waals surface area contributed by atoms with E-state index in [1.165, 1.54) is 11.1 Å². The average molecular weight is 217 g/mol. The zero-order chi connectivity index (χ0) is 11.4. The van der Waals surface area contributed by atoms with Crippen LogP contribution in [0.4, 0.5) is 0 Å². The van der Waals surface area contributed by atoms with E-state index in [0.717, 1.165) is 25.2 Å². The Morgan fingerprint density at radius 2 is 2.00 bits per heavy atom. The van der Waals surface area contributed by atoms with E-state index in [9.17, 15) is 0 Å². The number of hydrogen-bond acceptors (Lipinski definition) is 2. The number of aliphatic imine (C=N–C) groups is 1. The van der Waals surface area contributed by atoms with Crippen LogP contribution in [0.2, 0.25) is 0 Å². The Balaban J connectivity index is 2.31. The number of amidine groups is 1. The van der Waals surface area contributed by atoms with Gasteiger partial charge < -0.3 is 5.43 Å². The highest BCUT2D eigenvalue weighted by Crippen LogP contribution is 2.13. The first kappa shape index (κ1) is 11.1. The smallest absolute Gasteiger partial charge is 0.143 e. The molecule has 1 heterocycles. The SMILES string of the molecule is CCC(CC)N=C1NNCc2ccccc21. The molecular weight excluding hydrogens is 198 g/mol. The van der Waals surface area contributed by atoms with Gasteiger partial charge in [0.1, 0.15) is 5.84 Å². The second-order valence-electron chi connectivity index (χ2n) is 4.08. The zero-order valence-electron chi connectivity index (χ0n) is 9.96. The minimum atomic E-state index is 0.412. The Bertz CT molecular complexity index is 381. The molecule has 3 nitrogen and oxygen atoms in total. The monoisotopic (exact) mass is 217 g/mol. The molecule has 0 saturated carbocycles. The summed E-state index contributed by atoms with van der Waals surface area (Å²) in [5, 5.41) is 0. The van der Waals surface area contributed by atoms with Gasteiger partial charge in [-0.05, 0) is 18.4 Å². The predicted molar refractivity (Wildman–Crippen MR) is 67.3 cm³/mol. The van der Waals surface area contributed by atoms with Gasteiger partial charge in [0.2, 0.25) is 0 Å². The largest absolute Gasteiger partial charge is 0.305 e. The number of fused-ring (bicyclic) bond motifs is 1. The zero-order valence-corrected chi connectivity index (χ0v) is 9.96. The van der Waals surface area contributed by atoms with Crippen LogP contribution in [0.25, 0.3) is 0 Å². The first-order valence-corrected chi connectivity index (χ1v) is 6.00. The van der Waals surface area contributed by atoms with Crippen LogP contribution in [0.3, 0.4) is 0 Å². The van der Waals surface area contributed by atoms with Crippen molar-refractivity contribution in [2.75, 3.05) is 0 Å². The van der Waals surface area contributed by atoms with Crippen molar-refractivity contribution in [2.24, 2.45) is 4.99 Å². The fourth-order valence-corrected chi connectivity index (χ4v) is 1.95. The van der Waals surface area contributed by atoms with Crippen LogP contribution < -0.4 is 10.9 Å². The van der Waals surface area contributed by atoms with Crippen LogP contribution in [0.5, 0.6) is 0 Å². The Hall–Kier alpha value is -1.35. The highest BCUT2D eigenvalue weighted by Gasteiger charge is 2.14. The standard InChI is InChI=1S/C13H19N3/c1-3-11(4-2)15-13-12-8-6-5-7-10(12)9-14-16-13/h5-8,11,14H,3-4,9H2,1-2H3,(H,15,16). The van der Waals surface area contributed by atoms with Crippen molar-refractivity contribution in [1.29, 1.82) is 0 Å². The van der Waals surface area contributed by atoms with E-state index in [2.05, 4.69) is 49.0 Å². The van der Waals surface area contributed by atoms with E-state index in [4.69, 9.17) is 4.99 Å². The van der Waals surface area contributed by atoms with E-state index < -0.39 is 0 Å². The van der Waals surface area contributed by atoms with E-state index >= 15 is 0 Å². The molecule has 1 aromatic carbocycles. The van der Waals surface area contributed by atoms with Crippen molar-refractivity contribution in [3.8, 4) is 0 Å². The van der Waals surface area contributed by atoms with Crippen molar-refractivity contribution in [1.82, 2.24) is 10.9 Å². The van der Waals surface area contributed by atoms with Gasteiger partial charge in [-0.1, -0.05) is 38.1 Å². The van der Waals surface area contributed by atoms with E-state index in [-0.39, 0.29) is 0 Å². The normalized spacial score (nSPS) is 17.3. The minimum Gasteiger partial charge on any atom is -0.305 e. The molecule has 0 spiro atoms. The molecule has 0 aliphatic carbocycles. The van der Waals surface area contributed by atoms with Gasteiger partial charge in [0.15, 0.2) is 0 Å². The van der Waals surface area contributed by atoms with Gasteiger partial charge in [-0.25, -0.2) is 5.43 Å². The molecule has 1 aromatic rings. The molecule has 1 aliphatic rings. The Kier molecular flexibility index (Phi) is 3.57. The number of nitrogens with one attached hydrogen (secondary N) is 2. The van der Waals surface area contributed by atoms with Gasteiger partial charge in [-0.3, -0.25) is 4.99 Å². The Morgan fingerprint density at radius 1 is 1.25 bits per heavy atom. The molecule has 0 bridgehead atoms. The van der Waals surface area contributed by atoms with Crippen LogP contribution in [-0.2, 0) is 6.54 Å². The molecule has 3 heteroatoms. The third-order valence-corrected chi connectivity index (χ3v) is 3.01. The van der Waals surface area contributed by atoms with Crippen molar-refractivity contribution >= 4 is 5.84 Å². The van der Waals surface area contributed by atoms with Crippen molar-refractivity contribution < 1.29 is 0 Å². The number of hydrogen-bond donors (Lipinski definition) is 2. The molecule has 1 aliphatic heterocycles. The lowest BCUT2D eigenvalue weighted by molar-refractivity contribution is 0.598. The maximum atomic E-state index is 4.76. The molecule has 86 valence electrons. The molecule has 0 unspecified atom stereocenters. The third kappa shape index (κ3) is 2.25. The fourth-order valence-electron chi connectivity index (χ4n) is 1.95. The van der Waals surface area contributed by atoms with Crippen LogP contribution in [0.1, 0.15) is 37.8 Å². The van der Waals surface area contributed by atoms with Gasteiger partial charge >= 0.3 is 0 Å². The summed E-state index contributed by atoms with van der Waals surface area (Å²) in [5.41, 5.74) is 8.88. The topological polar surface area (TPSA) is 36.4 Å². The first-order chi connectivity index (χ1) is 7.85. The molecule has 0 amide bonds. The second kappa shape index (κ2) is 5.12. The summed E-state index contributed by atoms with van der Waals surface area (Å²) >= 11 is 0. The van der Waals surface area contributed by atoms with Gasteiger partial charge in [0.05, 0.1) is 6.04 Å². The van der Waals surface area contributed by atoms with Gasteiger partial charge in [0.25, 0.3) is 0 Å². The maximum absolute atomic E-state index is 4.76. The van der Waals surface area contributed by atoms with Crippen LogP contribution in [-0.4, -0.2) is 11.9 Å². The summed E-state index contributed by atoms with van der Waals surface area (Å²) in [5.74, 6) is 0.982. The summed E-state index contributed by atoms with van der Waals surface area (Å²) in [7, 11) is 0. The van der Waals surface area contributed by atoms with E-state index in [1.54, 1.807) is 0 Å². The summed E-state index contributed by atoms with van der Waals surface area (Å²) in [6, 6.07) is 8.82.